The van der Waals surface area contributed by atoms with Crippen LogP contribution in [-0.4, -0.2) is 81.6 Å². The van der Waals surface area contributed by atoms with Crippen LogP contribution in [0.1, 0.15) is 162 Å². The van der Waals surface area contributed by atoms with Gasteiger partial charge in [-0.3, -0.25) is 23.2 Å². The Labute approximate surface area is 372 Å². The molecule has 0 fully saturated rings. The van der Waals surface area contributed by atoms with Gasteiger partial charge in [0, 0.05) is 12.8 Å². The van der Waals surface area contributed by atoms with Gasteiger partial charge in [0.25, 0.3) is 0 Å². The summed E-state index contributed by atoms with van der Waals surface area (Å²) < 4.78 is 47.7. The minimum absolute atomic E-state index is 0.0188. The van der Waals surface area contributed by atoms with Crippen LogP contribution in [0.2, 0.25) is 0 Å². The van der Waals surface area contributed by atoms with Crippen LogP contribution in [0, 0.1) is 0 Å². The van der Waals surface area contributed by atoms with E-state index in [1.165, 1.54) is 38.5 Å². The second-order valence-electron chi connectivity index (χ2n) is 15.2. The highest BCUT2D eigenvalue weighted by molar-refractivity contribution is 7.47. The van der Waals surface area contributed by atoms with Crippen molar-refractivity contribution in [2.45, 2.75) is 180 Å². The molecule has 0 aliphatic rings. The van der Waals surface area contributed by atoms with Gasteiger partial charge < -0.3 is 34.4 Å². The normalized spacial score (nSPS) is 15.1. The summed E-state index contributed by atoms with van der Waals surface area (Å²) in [4.78, 5) is 52.7. The molecular weight excluding hydrogens is 838 g/mol. The minimum Gasteiger partial charge on any atom is -0.462 e. The standard InChI is InChI=1S/C46H80O14P2/c1-3-5-7-9-11-12-13-14-15-16-17-18-19-20-24-28-32-36-45(49)56-40-44(41-59-62(54,55)58-39-43(48)38-57-61(51,52)53)60-46(50)37-33-29-25-22-21-23-27-31-35-42(47)34-30-26-10-8-6-4-2/h11-12,14-15,22-23,25-27,30-31,35,42-44,47-48H,3-10,13,16-21,24,28-29,32-34,36-41H2,1-2H3,(H,54,55)(H2,51,52,53)/b12-11-,15-14-,25-22-,27-23-,30-26-,35-31+/t42-,43-,44+/m0/s1. The number of allylic oxidation sites excluding steroid dienone is 10. The van der Waals surface area contributed by atoms with E-state index in [1.54, 1.807) is 6.08 Å². The highest BCUT2D eigenvalue weighted by atomic mass is 31.2. The van der Waals surface area contributed by atoms with Gasteiger partial charge in [-0.15, -0.1) is 0 Å². The predicted octanol–water partition coefficient (Wildman–Crippen LogP) is 10.8. The molecule has 16 heteroatoms. The maximum Gasteiger partial charge on any atom is 0.472 e. The lowest BCUT2D eigenvalue weighted by atomic mass is 10.1. The van der Waals surface area contributed by atoms with Crippen molar-refractivity contribution in [3.63, 3.8) is 0 Å². The van der Waals surface area contributed by atoms with Crippen molar-refractivity contribution in [2.24, 2.45) is 0 Å². The summed E-state index contributed by atoms with van der Waals surface area (Å²) in [5.74, 6) is -1.15. The molecule has 5 N–H and O–H groups in total. The van der Waals surface area contributed by atoms with Crippen LogP contribution in [0.4, 0.5) is 0 Å². The van der Waals surface area contributed by atoms with E-state index >= 15 is 0 Å². The number of rotatable bonds is 42. The Balaban J connectivity index is 4.67. The Kier molecular flexibility index (Phi) is 39.6. The number of hydrogen-bond acceptors (Lipinski definition) is 11. The number of carbonyl (C=O) groups excluding carboxylic acids is 2. The fourth-order valence-electron chi connectivity index (χ4n) is 5.63. The quantitative estimate of drug-likeness (QED) is 0.0127. The van der Waals surface area contributed by atoms with E-state index < -0.39 is 72.3 Å². The zero-order chi connectivity index (χ0) is 46.0. The lowest BCUT2D eigenvalue weighted by Crippen LogP contribution is -2.29. The monoisotopic (exact) mass is 919 g/mol. The molecular formula is C46H80O14P2. The number of carbonyl (C=O) groups is 2. The topological polar surface area (TPSA) is 216 Å². The molecule has 0 aromatic carbocycles. The third kappa shape index (κ3) is 44.1. The first-order chi connectivity index (χ1) is 29.8. The first-order valence-corrected chi connectivity index (χ1v) is 25.8. The summed E-state index contributed by atoms with van der Waals surface area (Å²) in [7, 11) is -9.72. The Morgan fingerprint density at radius 3 is 1.65 bits per heavy atom. The molecule has 14 nitrogen and oxygen atoms in total. The van der Waals surface area contributed by atoms with Crippen molar-refractivity contribution < 1.29 is 66.7 Å². The smallest absolute Gasteiger partial charge is 0.462 e. The number of phosphoric ester groups is 2. The van der Waals surface area contributed by atoms with Crippen LogP contribution >= 0.6 is 15.6 Å². The van der Waals surface area contributed by atoms with Gasteiger partial charge in [0.15, 0.2) is 6.10 Å². The summed E-state index contributed by atoms with van der Waals surface area (Å²) in [5, 5.41) is 19.8. The van der Waals surface area contributed by atoms with Gasteiger partial charge in [-0.1, -0.05) is 145 Å². The van der Waals surface area contributed by atoms with Gasteiger partial charge in [0.2, 0.25) is 0 Å². The largest absolute Gasteiger partial charge is 0.472 e. The lowest BCUT2D eigenvalue weighted by Gasteiger charge is -2.20. The van der Waals surface area contributed by atoms with E-state index in [4.69, 9.17) is 23.8 Å². The number of hydrogen-bond donors (Lipinski definition) is 5. The average molecular weight is 919 g/mol. The molecule has 62 heavy (non-hydrogen) atoms. The van der Waals surface area contributed by atoms with E-state index in [-0.39, 0.29) is 12.8 Å². The van der Waals surface area contributed by atoms with Crippen LogP contribution in [0.25, 0.3) is 0 Å². The predicted molar refractivity (Wildman–Crippen MR) is 245 cm³/mol. The van der Waals surface area contributed by atoms with Gasteiger partial charge in [-0.05, 0) is 77.0 Å². The fraction of sp³-hybridized carbons (Fsp3) is 0.696. The van der Waals surface area contributed by atoms with E-state index in [0.29, 0.717) is 32.1 Å². The van der Waals surface area contributed by atoms with Crippen LogP contribution < -0.4 is 0 Å². The average Bonchev–Trinajstić information content (AvgIpc) is 3.23. The summed E-state index contributed by atoms with van der Waals surface area (Å²) >= 11 is 0. The first kappa shape index (κ1) is 59.5. The van der Waals surface area contributed by atoms with E-state index in [2.05, 4.69) is 53.3 Å². The molecule has 0 aliphatic heterocycles. The zero-order valence-corrected chi connectivity index (χ0v) is 39.3. The molecule has 1 unspecified atom stereocenters. The van der Waals surface area contributed by atoms with Gasteiger partial charge in [-0.2, -0.15) is 0 Å². The second-order valence-corrected chi connectivity index (χ2v) is 17.9. The molecule has 0 spiro atoms. The Hall–Kier alpha value is -2.48. The van der Waals surface area contributed by atoms with Gasteiger partial charge >= 0.3 is 27.6 Å². The third-order valence-corrected chi connectivity index (χ3v) is 10.6. The van der Waals surface area contributed by atoms with Gasteiger partial charge in [0.05, 0.1) is 25.9 Å². The molecule has 0 radical (unpaired) electrons. The Bertz CT molecular complexity index is 1390. The molecule has 0 aromatic heterocycles. The number of phosphoric acid groups is 2. The summed E-state index contributed by atoms with van der Waals surface area (Å²) in [6.45, 7) is 1.54. The fourth-order valence-corrected chi connectivity index (χ4v) is 6.79. The van der Waals surface area contributed by atoms with Crippen molar-refractivity contribution in [2.75, 3.05) is 26.4 Å². The number of aliphatic hydroxyl groups excluding tert-OH is 2. The number of aliphatic hydroxyl groups is 2. The minimum atomic E-state index is -4.88. The van der Waals surface area contributed by atoms with Crippen molar-refractivity contribution in [3.8, 4) is 0 Å². The van der Waals surface area contributed by atoms with Crippen molar-refractivity contribution >= 4 is 27.6 Å². The zero-order valence-electron chi connectivity index (χ0n) is 37.6. The second kappa shape index (κ2) is 41.2. The van der Waals surface area contributed by atoms with Crippen LogP contribution in [0.15, 0.2) is 72.9 Å². The van der Waals surface area contributed by atoms with Gasteiger partial charge in [0.1, 0.15) is 12.7 Å². The summed E-state index contributed by atoms with van der Waals surface area (Å²) in [6.07, 6.45) is 42.0. The molecule has 0 aliphatic carbocycles. The molecule has 0 saturated carbocycles. The van der Waals surface area contributed by atoms with Crippen molar-refractivity contribution in [1.29, 1.82) is 0 Å². The molecule has 0 aromatic rings. The van der Waals surface area contributed by atoms with Crippen LogP contribution in [0.3, 0.4) is 0 Å². The lowest BCUT2D eigenvalue weighted by molar-refractivity contribution is -0.161. The first-order valence-electron chi connectivity index (χ1n) is 22.7. The number of ether oxygens (including phenoxy) is 2. The maximum atomic E-state index is 12.7. The highest BCUT2D eigenvalue weighted by Crippen LogP contribution is 2.43. The summed E-state index contributed by atoms with van der Waals surface area (Å²) in [5.41, 5.74) is 0. The molecule has 0 rings (SSSR count). The SMILES string of the molecule is CCCCC/C=C\C/C=C\CCCCCCCCCC(=O)OC[C@H](COP(=O)(O)OC[C@@H](O)COP(=O)(O)O)OC(=O)CCC/C=C\C/C=C\C=C\[C@@H](O)C/C=C\CCCCC. The van der Waals surface area contributed by atoms with E-state index in [0.717, 1.165) is 64.2 Å². The number of esters is 2. The molecule has 4 atom stereocenters. The van der Waals surface area contributed by atoms with Crippen molar-refractivity contribution in [1.82, 2.24) is 0 Å². The summed E-state index contributed by atoms with van der Waals surface area (Å²) in [6, 6.07) is 0. The molecule has 0 amide bonds. The molecule has 0 saturated heterocycles. The Morgan fingerprint density at radius 1 is 0.532 bits per heavy atom. The molecule has 358 valence electrons. The molecule has 0 bridgehead atoms. The number of unbranched alkanes of at least 4 members (excludes halogenated alkanes) is 14. The van der Waals surface area contributed by atoms with Crippen LogP contribution in [0.5, 0.6) is 0 Å². The molecule has 0 heterocycles. The van der Waals surface area contributed by atoms with E-state index in [1.807, 2.05) is 36.5 Å². The van der Waals surface area contributed by atoms with E-state index in [9.17, 15) is 33.8 Å². The maximum absolute atomic E-state index is 12.7. The highest BCUT2D eigenvalue weighted by Gasteiger charge is 2.28. The van der Waals surface area contributed by atoms with Crippen LogP contribution in [-0.2, 0) is 41.8 Å². The Morgan fingerprint density at radius 2 is 1.03 bits per heavy atom. The van der Waals surface area contributed by atoms with Crippen molar-refractivity contribution in [3.05, 3.63) is 72.9 Å². The van der Waals surface area contributed by atoms with Gasteiger partial charge in [-0.25, -0.2) is 9.13 Å². The third-order valence-electron chi connectivity index (χ3n) is 9.14.